The number of amides is 2. The topological polar surface area (TPSA) is 67.9 Å². The van der Waals surface area contributed by atoms with Crippen molar-refractivity contribution in [2.45, 2.75) is 13.3 Å². The molecule has 28 heavy (non-hydrogen) atoms. The maximum Gasteiger partial charge on any atom is 0.239 e. The minimum atomic E-state index is -0.295. The maximum atomic E-state index is 13.6. The Kier molecular flexibility index (Phi) is 8.27. The number of carbonyl (C=O) groups is 2. The number of ether oxygens (including phenoxy) is 2. The van der Waals surface area contributed by atoms with Crippen LogP contribution in [0.1, 0.15) is 12.5 Å². The van der Waals surface area contributed by atoms with Crippen LogP contribution in [0.4, 0.5) is 4.39 Å². The van der Waals surface area contributed by atoms with Crippen molar-refractivity contribution in [1.29, 1.82) is 0 Å². The van der Waals surface area contributed by atoms with Gasteiger partial charge in [0.1, 0.15) is 23.9 Å². The number of carbonyl (C=O) groups excluding carboxylic acids is 2. The maximum absolute atomic E-state index is 13.6. The molecule has 0 saturated carbocycles. The van der Waals surface area contributed by atoms with Crippen LogP contribution in [-0.4, -0.2) is 50.1 Å². The molecule has 7 heteroatoms. The van der Waals surface area contributed by atoms with Crippen molar-refractivity contribution >= 4 is 11.8 Å². The minimum absolute atomic E-state index is 0.0709. The zero-order chi connectivity index (χ0) is 20.4. The van der Waals surface area contributed by atoms with Crippen LogP contribution >= 0.6 is 0 Å². The van der Waals surface area contributed by atoms with Gasteiger partial charge in [-0.1, -0.05) is 18.2 Å². The van der Waals surface area contributed by atoms with E-state index in [0.717, 1.165) is 5.75 Å². The Bertz CT molecular complexity index is 780. The summed E-state index contributed by atoms with van der Waals surface area (Å²) in [6.45, 7) is 2.17. The Morgan fingerprint density at radius 1 is 1.07 bits per heavy atom. The third-order valence-corrected chi connectivity index (χ3v) is 4.14. The van der Waals surface area contributed by atoms with E-state index in [1.165, 1.54) is 17.9 Å². The van der Waals surface area contributed by atoms with Gasteiger partial charge in [-0.25, -0.2) is 4.39 Å². The second kappa shape index (κ2) is 10.9. The summed E-state index contributed by atoms with van der Waals surface area (Å²) in [4.78, 5) is 25.3. The number of nitrogens with zero attached hydrogens (tertiary/aromatic N) is 1. The summed E-state index contributed by atoms with van der Waals surface area (Å²) in [6.07, 6.45) is 0.388. The lowest BCUT2D eigenvalue weighted by molar-refractivity contribution is -0.134. The average Bonchev–Trinajstić information content (AvgIpc) is 2.69. The van der Waals surface area contributed by atoms with Gasteiger partial charge in [0.2, 0.25) is 11.8 Å². The number of hydrogen-bond acceptors (Lipinski definition) is 4. The van der Waals surface area contributed by atoms with E-state index in [-0.39, 0.29) is 37.3 Å². The summed E-state index contributed by atoms with van der Waals surface area (Å²) in [5.74, 6) is 0.569. The number of hydrogen-bond donors (Lipinski definition) is 1. The SMILES string of the molecule is COc1ccc(OCCN(CC(=O)NCCc2ccccc2F)C(C)=O)cc1. The van der Waals surface area contributed by atoms with Crippen LogP contribution in [0.2, 0.25) is 0 Å². The highest BCUT2D eigenvalue weighted by atomic mass is 19.1. The van der Waals surface area contributed by atoms with E-state index in [4.69, 9.17) is 9.47 Å². The molecule has 0 atom stereocenters. The fraction of sp³-hybridized carbons (Fsp3) is 0.333. The minimum Gasteiger partial charge on any atom is -0.497 e. The lowest BCUT2D eigenvalue weighted by Gasteiger charge is -2.20. The third kappa shape index (κ3) is 6.90. The molecule has 0 aliphatic carbocycles. The second-order valence-corrected chi connectivity index (χ2v) is 6.16. The van der Waals surface area contributed by atoms with Crippen molar-refractivity contribution < 1.29 is 23.5 Å². The molecule has 1 N–H and O–H groups in total. The van der Waals surface area contributed by atoms with Gasteiger partial charge in [0.05, 0.1) is 20.2 Å². The quantitative estimate of drug-likeness (QED) is 0.679. The van der Waals surface area contributed by atoms with E-state index in [9.17, 15) is 14.0 Å². The lowest BCUT2D eigenvalue weighted by atomic mass is 10.1. The Morgan fingerprint density at radius 2 is 1.75 bits per heavy atom. The molecule has 150 valence electrons. The molecule has 2 rings (SSSR count). The Balaban J connectivity index is 1.74. The fourth-order valence-electron chi connectivity index (χ4n) is 2.56. The van der Waals surface area contributed by atoms with E-state index in [0.29, 0.717) is 24.3 Å². The first-order valence-electron chi connectivity index (χ1n) is 9.02. The van der Waals surface area contributed by atoms with Crippen LogP contribution in [-0.2, 0) is 16.0 Å². The fourth-order valence-corrected chi connectivity index (χ4v) is 2.56. The van der Waals surface area contributed by atoms with E-state index in [2.05, 4.69) is 5.32 Å². The van der Waals surface area contributed by atoms with Crippen LogP contribution < -0.4 is 14.8 Å². The smallest absolute Gasteiger partial charge is 0.239 e. The zero-order valence-corrected chi connectivity index (χ0v) is 16.1. The van der Waals surface area contributed by atoms with E-state index in [1.54, 1.807) is 49.6 Å². The standard InChI is InChI=1S/C21H25FN2O4/c1-16(25)24(13-14-28-19-9-7-18(27-2)8-10-19)15-21(26)23-12-11-17-5-3-4-6-20(17)22/h3-10H,11-15H2,1-2H3,(H,23,26). The largest absolute Gasteiger partial charge is 0.497 e. The second-order valence-electron chi connectivity index (χ2n) is 6.16. The van der Waals surface area contributed by atoms with Crippen LogP contribution in [0.15, 0.2) is 48.5 Å². The Morgan fingerprint density at radius 3 is 2.39 bits per heavy atom. The predicted octanol–water partition coefficient (Wildman–Crippen LogP) is 2.42. The molecule has 0 aliphatic rings. The monoisotopic (exact) mass is 388 g/mol. The molecule has 0 spiro atoms. The third-order valence-electron chi connectivity index (χ3n) is 4.14. The van der Waals surface area contributed by atoms with Gasteiger partial charge >= 0.3 is 0 Å². The van der Waals surface area contributed by atoms with E-state index < -0.39 is 0 Å². The van der Waals surface area contributed by atoms with Gasteiger partial charge in [-0.15, -0.1) is 0 Å². The van der Waals surface area contributed by atoms with Gasteiger partial charge in [-0.2, -0.15) is 0 Å². The molecule has 0 bridgehead atoms. The molecule has 0 aliphatic heterocycles. The lowest BCUT2D eigenvalue weighted by Crippen LogP contribution is -2.42. The number of halogens is 1. The highest BCUT2D eigenvalue weighted by molar-refractivity contribution is 5.83. The highest BCUT2D eigenvalue weighted by Crippen LogP contribution is 2.16. The van der Waals surface area contributed by atoms with Gasteiger partial charge in [0.25, 0.3) is 0 Å². The van der Waals surface area contributed by atoms with Crippen LogP contribution in [0, 0.1) is 5.82 Å². The number of methoxy groups -OCH3 is 1. The number of benzene rings is 2. The molecule has 2 aromatic rings. The number of nitrogens with one attached hydrogen (secondary N) is 1. The van der Waals surface area contributed by atoms with Crippen molar-refractivity contribution in [1.82, 2.24) is 10.2 Å². The van der Waals surface area contributed by atoms with Crippen molar-refractivity contribution in [3.63, 3.8) is 0 Å². The first-order valence-corrected chi connectivity index (χ1v) is 9.02. The van der Waals surface area contributed by atoms with Gasteiger partial charge in [0, 0.05) is 13.5 Å². The van der Waals surface area contributed by atoms with Crippen LogP contribution in [0.25, 0.3) is 0 Å². The molecule has 0 fully saturated rings. The van der Waals surface area contributed by atoms with Gasteiger partial charge < -0.3 is 19.7 Å². The van der Waals surface area contributed by atoms with Gasteiger partial charge in [-0.05, 0) is 42.3 Å². The Hall–Kier alpha value is -3.09. The molecule has 0 aromatic heterocycles. The summed E-state index contributed by atoms with van der Waals surface area (Å²) >= 11 is 0. The van der Waals surface area contributed by atoms with Gasteiger partial charge in [0.15, 0.2) is 0 Å². The van der Waals surface area contributed by atoms with Crippen molar-refractivity contribution in [2.75, 3.05) is 33.4 Å². The highest BCUT2D eigenvalue weighted by Gasteiger charge is 2.13. The summed E-state index contributed by atoms with van der Waals surface area (Å²) < 4.78 is 24.2. The number of rotatable bonds is 10. The Labute approximate surface area is 164 Å². The molecule has 0 saturated heterocycles. The first-order chi connectivity index (χ1) is 13.5. The predicted molar refractivity (Wildman–Crippen MR) is 104 cm³/mol. The summed E-state index contributed by atoms with van der Waals surface area (Å²) in [7, 11) is 1.59. The molecule has 2 aromatic carbocycles. The van der Waals surface area contributed by atoms with Crippen molar-refractivity contribution in [2.24, 2.45) is 0 Å². The molecule has 6 nitrogen and oxygen atoms in total. The molecule has 0 radical (unpaired) electrons. The van der Waals surface area contributed by atoms with Crippen LogP contribution in [0.3, 0.4) is 0 Å². The van der Waals surface area contributed by atoms with Crippen LogP contribution in [0.5, 0.6) is 11.5 Å². The van der Waals surface area contributed by atoms with Gasteiger partial charge in [-0.3, -0.25) is 9.59 Å². The molecule has 0 heterocycles. The molecular formula is C21H25FN2O4. The summed E-state index contributed by atoms with van der Waals surface area (Å²) in [5, 5.41) is 2.71. The van der Waals surface area contributed by atoms with E-state index in [1.807, 2.05) is 0 Å². The van der Waals surface area contributed by atoms with E-state index >= 15 is 0 Å². The molecule has 2 amide bonds. The average molecular weight is 388 g/mol. The first kappa shape index (κ1) is 21.2. The summed E-state index contributed by atoms with van der Waals surface area (Å²) in [6, 6.07) is 13.5. The molecule has 0 unspecified atom stereocenters. The molecular weight excluding hydrogens is 363 g/mol. The van der Waals surface area contributed by atoms with Crippen molar-refractivity contribution in [3.05, 3.63) is 59.9 Å². The summed E-state index contributed by atoms with van der Waals surface area (Å²) in [5.41, 5.74) is 0.541. The van der Waals surface area contributed by atoms with Crippen molar-refractivity contribution in [3.8, 4) is 11.5 Å². The zero-order valence-electron chi connectivity index (χ0n) is 16.1. The normalized spacial score (nSPS) is 10.2.